The highest BCUT2D eigenvalue weighted by Gasteiger charge is 2.39. The Morgan fingerprint density at radius 3 is 2.55 bits per heavy atom. The first kappa shape index (κ1) is 23.0. The molecule has 0 spiro atoms. The first-order valence-corrected chi connectivity index (χ1v) is 11.1. The van der Waals surface area contributed by atoms with Crippen LogP contribution in [0.3, 0.4) is 0 Å². The van der Waals surface area contributed by atoms with Crippen molar-refractivity contribution in [2.75, 3.05) is 45.4 Å². The van der Waals surface area contributed by atoms with Gasteiger partial charge in [0.25, 0.3) is 0 Å². The lowest BCUT2D eigenvalue weighted by molar-refractivity contribution is -0.126. The van der Waals surface area contributed by atoms with Gasteiger partial charge in [-0.3, -0.25) is 9.59 Å². The second-order valence-electron chi connectivity index (χ2n) is 8.56. The van der Waals surface area contributed by atoms with Gasteiger partial charge in [-0.2, -0.15) is 0 Å². The Kier molecular flexibility index (Phi) is 6.83. The lowest BCUT2D eigenvalue weighted by atomic mass is 9.74. The Hall–Kier alpha value is -3.13. The summed E-state index contributed by atoms with van der Waals surface area (Å²) in [7, 11) is 3.10. The number of amides is 2. The van der Waals surface area contributed by atoms with Crippen molar-refractivity contribution in [3.63, 3.8) is 0 Å². The fraction of sp³-hybridized carbons (Fsp3) is 0.440. The molecule has 33 heavy (non-hydrogen) atoms. The van der Waals surface area contributed by atoms with Gasteiger partial charge >= 0.3 is 0 Å². The zero-order chi connectivity index (χ0) is 23.4. The van der Waals surface area contributed by atoms with Gasteiger partial charge in [-0.25, -0.2) is 4.39 Å². The van der Waals surface area contributed by atoms with Crippen LogP contribution < -0.4 is 19.7 Å². The third-order valence-corrected chi connectivity index (χ3v) is 6.68. The maximum atomic E-state index is 13.5. The molecule has 2 aliphatic rings. The lowest BCUT2D eigenvalue weighted by Gasteiger charge is -2.38. The van der Waals surface area contributed by atoms with Crippen LogP contribution >= 0.6 is 0 Å². The highest BCUT2D eigenvalue weighted by atomic mass is 19.1. The standard InChI is InChI=1S/C25H29FN2O5/c1-31-20-7-8-22(32-2)21(14-20)28-15-17(13-23(28)29)24(30)27-16-25(9-11-33-12-10-25)18-3-5-19(26)6-4-18/h3-8,14,17H,9-13,15-16H2,1-2H3,(H,27,30). The summed E-state index contributed by atoms with van der Waals surface area (Å²) in [5, 5.41) is 3.07. The molecule has 2 aromatic carbocycles. The van der Waals surface area contributed by atoms with Crippen LogP contribution in [0.5, 0.6) is 11.5 Å². The quantitative estimate of drug-likeness (QED) is 0.693. The van der Waals surface area contributed by atoms with Gasteiger partial charge in [0.15, 0.2) is 0 Å². The van der Waals surface area contributed by atoms with Gasteiger partial charge in [0.05, 0.1) is 25.8 Å². The number of hydrogen-bond donors (Lipinski definition) is 1. The van der Waals surface area contributed by atoms with E-state index >= 15 is 0 Å². The van der Waals surface area contributed by atoms with Gasteiger partial charge in [-0.1, -0.05) is 12.1 Å². The minimum Gasteiger partial charge on any atom is -0.497 e. The van der Waals surface area contributed by atoms with E-state index in [0.29, 0.717) is 36.9 Å². The topological polar surface area (TPSA) is 77.1 Å². The summed E-state index contributed by atoms with van der Waals surface area (Å²) in [6.07, 6.45) is 1.59. The van der Waals surface area contributed by atoms with Crippen molar-refractivity contribution in [1.82, 2.24) is 5.32 Å². The SMILES string of the molecule is COc1ccc(OC)c(N2CC(C(=O)NCC3(c4ccc(F)cc4)CCOCC3)CC2=O)c1. The summed E-state index contributed by atoms with van der Waals surface area (Å²) < 4.78 is 29.7. The molecule has 2 aromatic rings. The minimum absolute atomic E-state index is 0.124. The Balaban J connectivity index is 1.47. The molecule has 8 heteroatoms. The number of ether oxygens (including phenoxy) is 3. The van der Waals surface area contributed by atoms with Crippen molar-refractivity contribution in [3.8, 4) is 11.5 Å². The van der Waals surface area contributed by atoms with E-state index in [1.165, 1.54) is 12.1 Å². The van der Waals surface area contributed by atoms with Gasteiger partial charge in [-0.15, -0.1) is 0 Å². The van der Waals surface area contributed by atoms with Crippen LogP contribution in [-0.4, -0.2) is 52.3 Å². The van der Waals surface area contributed by atoms with Crippen molar-refractivity contribution in [2.45, 2.75) is 24.7 Å². The van der Waals surface area contributed by atoms with Crippen LogP contribution in [0.1, 0.15) is 24.8 Å². The first-order chi connectivity index (χ1) is 16.0. The van der Waals surface area contributed by atoms with Crippen LogP contribution in [0.2, 0.25) is 0 Å². The highest BCUT2D eigenvalue weighted by Crippen LogP contribution is 2.37. The summed E-state index contributed by atoms with van der Waals surface area (Å²) in [6, 6.07) is 11.7. The largest absolute Gasteiger partial charge is 0.497 e. The van der Waals surface area contributed by atoms with Gasteiger partial charge in [0, 0.05) is 44.2 Å². The number of methoxy groups -OCH3 is 2. The zero-order valence-corrected chi connectivity index (χ0v) is 18.9. The molecule has 1 atom stereocenters. The average molecular weight is 457 g/mol. The van der Waals surface area contributed by atoms with E-state index in [2.05, 4.69) is 5.32 Å². The molecule has 1 N–H and O–H groups in total. The second-order valence-corrected chi connectivity index (χ2v) is 8.56. The number of carbonyl (C=O) groups excluding carboxylic acids is 2. The van der Waals surface area contributed by atoms with Gasteiger partial charge in [0.1, 0.15) is 17.3 Å². The number of carbonyl (C=O) groups is 2. The minimum atomic E-state index is -0.474. The first-order valence-electron chi connectivity index (χ1n) is 11.1. The molecule has 2 heterocycles. The molecule has 7 nitrogen and oxygen atoms in total. The average Bonchev–Trinajstić information content (AvgIpc) is 3.24. The Morgan fingerprint density at radius 1 is 1.15 bits per heavy atom. The molecule has 4 rings (SSSR count). The highest BCUT2D eigenvalue weighted by molar-refractivity contribution is 6.01. The molecular weight excluding hydrogens is 427 g/mol. The maximum absolute atomic E-state index is 13.5. The monoisotopic (exact) mass is 456 g/mol. The summed E-state index contributed by atoms with van der Waals surface area (Å²) >= 11 is 0. The molecule has 0 aliphatic carbocycles. The molecular formula is C25H29FN2O5. The molecule has 0 aromatic heterocycles. The molecule has 1 unspecified atom stereocenters. The summed E-state index contributed by atoms with van der Waals surface area (Å²) in [5.74, 6) is 0.0812. The number of anilines is 1. The number of nitrogens with zero attached hydrogens (tertiary/aromatic N) is 1. The van der Waals surface area contributed by atoms with Crippen LogP contribution in [0.4, 0.5) is 10.1 Å². The molecule has 0 radical (unpaired) electrons. The second kappa shape index (κ2) is 9.79. The van der Waals surface area contributed by atoms with E-state index in [-0.39, 0.29) is 36.0 Å². The number of nitrogens with one attached hydrogen (secondary N) is 1. The van der Waals surface area contributed by atoms with Crippen LogP contribution in [0, 0.1) is 11.7 Å². The Labute approximate surface area is 192 Å². The van der Waals surface area contributed by atoms with E-state index in [1.807, 2.05) is 0 Å². The van der Waals surface area contributed by atoms with E-state index in [4.69, 9.17) is 14.2 Å². The molecule has 0 bridgehead atoms. The van der Waals surface area contributed by atoms with E-state index < -0.39 is 5.92 Å². The Bertz CT molecular complexity index is 1000. The predicted molar refractivity (Wildman–Crippen MR) is 121 cm³/mol. The lowest BCUT2D eigenvalue weighted by Crippen LogP contribution is -2.46. The summed E-state index contributed by atoms with van der Waals surface area (Å²) in [5.41, 5.74) is 1.25. The summed E-state index contributed by atoms with van der Waals surface area (Å²) in [6.45, 7) is 1.84. The number of rotatable bonds is 7. The normalized spacial score (nSPS) is 19.9. The van der Waals surface area contributed by atoms with Gasteiger partial charge in [-0.05, 0) is 42.7 Å². The van der Waals surface area contributed by atoms with E-state index in [0.717, 1.165) is 18.4 Å². The zero-order valence-electron chi connectivity index (χ0n) is 18.9. The van der Waals surface area contributed by atoms with Crippen molar-refractivity contribution < 1.29 is 28.2 Å². The molecule has 2 aliphatic heterocycles. The maximum Gasteiger partial charge on any atom is 0.227 e. The third kappa shape index (κ3) is 4.80. The van der Waals surface area contributed by atoms with Crippen LogP contribution in [0.25, 0.3) is 0 Å². The van der Waals surface area contributed by atoms with Crippen molar-refractivity contribution in [3.05, 3.63) is 53.8 Å². The van der Waals surface area contributed by atoms with E-state index in [1.54, 1.807) is 49.5 Å². The van der Waals surface area contributed by atoms with Crippen molar-refractivity contribution in [1.29, 1.82) is 0 Å². The molecule has 2 fully saturated rings. The van der Waals surface area contributed by atoms with Crippen LogP contribution in [-0.2, 0) is 19.7 Å². The van der Waals surface area contributed by atoms with E-state index in [9.17, 15) is 14.0 Å². The molecule has 176 valence electrons. The van der Waals surface area contributed by atoms with Gasteiger partial charge < -0.3 is 24.4 Å². The smallest absolute Gasteiger partial charge is 0.227 e. The predicted octanol–water partition coefficient (Wildman–Crippen LogP) is 3.06. The third-order valence-electron chi connectivity index (χ3n) is 6.68. The number of halogens is 1. The molecule has 2 amide bonds. The number of hydrogen-bond acceptors (Lipinski definition) is 5. The van der Waals surface area contributed by atoms with Gasteiger partial charge in [0.2, 0.25) is 11.8 Å². The Morgan fingerprint density at radius 2 is 1.88 bits per heavy atom. The number of benzene rings is 2. The fourth-order valence-electron chi connectivity index (χ4n) is 4.66. The summed E-state index contributed by atoms with van der Waals surface area (Å²) in [4.78, 5) is 27.4. The molecule has 2 saturated heterocycles. The van der Waals surface area contributed by atoms with Crippen LogP contribution in [0.15, 0.2) is 42.5 Å². The fourth-order valence-corrected chi connectivity index (χ4v) is 4.66. The van der Waals surface area contributed by atoms with Crippen molar-refractivity contribution in [2.24, 2.45) is 5.92 Å². The van der Waals surface area contributed by atoms with Crippen molar-refractivity contribution >= 4 is 17.5 Å². The molecule has 0 saturated carbocycles.